The maximum absolute atomic E-state index is 14.4. The number of para-hydroxylation sites is 2. The van der Waals surface area contributed by atoms with Crippen LogP contribution >= 0.6 is 0 Å². The Kier molecular flexibility index (Phi) is 29.8. The molecule has 18 atom stereocenters. The van der Waals surface area contributed by atoms with Crippen molar-refractivity contribution >= 4 is 29.1 Å². The average Bonchev–Trinajstić information content (AvgIpc) is 1.31. The topological polar surface area (TPSA) is 278 Å². The predicted octanol–water partition coefficient (Wildman–Crippen LogP) is 9.75. The van der Waals surface area contributed by atoms with Gasteiger partial charge in [-0.25, -0.2) is 0 Å². The molecule has 0 unspecified atom stereocenters. The fourth-order valence-corrected chi connectivity index (χ4v) is 20.2. The number of anilines is 2. The van der Waals surface area contributed by atoms with Gasteiger partial charge in [0.2, 0.25) is 11.8 Å². The van der Waals surface area contributed by atoms with Crippen LogP contribution in [0.4, 0.5) is 11.4 Å². The zero-order valence-corrected chi connectivity index (χ0v) is 71.0. The van der Waals surface area contributed by atoms with Gasteiger partial charge < -0.3 is 75.7 Å². The minimum atomic E-state index is -0.943. The smallest absolute Gasteiger partial charge is 0.251 e. The molecule has 0 radical (unpaired) electrons. The van der Waals surface area contributed by atoms with Crippen molar-refractivity contribution in [2.24, 2.45) is 69.5 Å². The first-order valence-corrected chi connectivity index (χ1v) is 41.4. The van der Waals surface area contributed by atoms with Crippen molar-refractivity contribution in [1.82, 2.24) is 40.9 Å². The molecule has 6 saturated carbocycles. The second kappa shape index (κ2) is 38.1. The first-order valence-electron chi connectivity index (χ1n) is 41.4. The largest absolute Gasteiger partial charge is 0.496 e. The number of pyridine rings is 1. The van der Waals surface area contributed by atoms with E-state index in [1.165, 1.54) is 24.8 Å². The number of hydrogen-bond donors (Lipinski definition) is 9. The van der Waals surface area contributed by atoms with E-state index >= 15 is 0 Å². The number of hydroxylamine groups is 4. The summed E-state index contributed by atoms with van der Waals surface area (Å²) in [6, 6.07) is 27.9. The lowest BCUT2D eigenvalue weighted by molar-refractivity contribution is -0.183. The number of aryl methyl sites for hydroxylation is 1. The van der Waals surface area contributed by atoms with Crippen LogP contribution in [0.3, 0.4) is 0 Å². The van der Waals surface area contributed by atoms with Crippen molar-refractivity contribution in [2.45, 2.75) is 195 Å². The van der Waals surface area contributed by atoms with Gasteiger partial charge in [-0.15, -0.1) is 0 Å². The van der Waals surface area contributed by atoms with Crippen molar-refractivity contribution in [2.75, 3.05) is 119 Å². The summed E-state index contributed by atoms with van der Waals surface area (Å²) in [7, 11) is 15.6. The highest BCUT2D eigenvalue weighted by Gasteiger charge is 2.59. The summed E-state index contributed by atoms with van der Waals surface area (Å²) in [4.78, 5) is 68.3. The fraction of sp³-hybridized carbons (Fsp3) is 0.644. The maximum atomic E-state index is 14.4. The number of fused-ring (bicyclic) bond motifs is 4. The Balaban J connectivity index is 0.000000241. The SMILES string of the molecule is COc1c(CN2O[C@@H](CO)[C@H]([C@H](C)O)[C@H]2C(=O)N[C@H]2C[C@H]3C[C@@H]([C@@H]2C)C3(C)C)cccc1-c1cc(C(=O)N[C@@H](Cc2ccccn2)CN(C)C)cc(N(CCO)CCO)c1.COc1c(CN2O[C@@H](CO)[C@H]([C@H](C)O)[C@H]2C(=O)N[C@H]2C[C@H]3C[C@@H]([C@@H]2C)C3(C)C)cccc1-c1cc(CC[C@H](CN(C)C)CC(C)(C)C)cc(N(C)C)c1. The van der Waals surface area contributed by atoms with Gasteiger partial charge in [0, 0.05) is 128 Å². The lowest BCUT2D eigenvalue weighted by atomic mass is 9.45. The van der Waals surface area contributed by atoms with Crippen molar-refractivity contribution in [3.8, 4) is 33.8 Å². The maximum Gasteiger partial charge on any atom is 0.251 e. The Labute approximate surface area is 673 Å². The van der Waals surface area contributed by atoms with E-state index in [-0.39, 0.29) is 99.3 Å². The minimum Gasteiger partial charge on any atom is -0.496 e. The number of carbonyl (C=O) groups is 3. The normalized spacial score (nSPS) is 26.8. The van der Waals surface area contributed by atoms with E-state index in [0.717, 1.165) is 66.0 Å². The molecule has 23 heteroatoms. The molecule has 4 bridgehead atoms. The van der Waals surface area contributed by atoms with E-state index in [0.29, 0.717) is 93.5 Å². The molecule has 2 aliphatic heterocycles. The number of nitrogens with one attached hydrogen (secondary N) is 3. The van der Waals surface area contributed by atoms with Crippen molar-refractivity contribution in [3.63, 3.8) is 0 Å². The summed E-state index contributed by atoms with van der Waals surface area (Å²) >= 11 is 0. The Bertz CT molecular complexity index is 3960. The molecule has 0 spiro atoms. The number of nitrogens with zero attached hydrogens (tertiary/aromatic N) is 7. The number of carbonyl (C=O) groups excluding carboxylic acids is 3. The molecule has 23 nitrogen and oxygen atoms in total. The molecule has 6 aliphatic carbocycles. The second-order valence-corrected chi connectivity index (χ2v) is 36.8. The highest BCUT2D eigenvalue weighted by atomic mass is 16.7. The number of hydrogen-bond acceptors (Lipinski definition) is 20. The Morgan fingerprint density at radius 1 is 0.637 bits per heavy atom. The molecule has 8 aliphatic rings. The van der Waals surface area contributed by atoms with Gasteiger partial charge in [-0.2, -0.15) is 10.1 Å². The molecule has 3 amide bonds. The van der Waals surface area contributed by atoms with E-state index in [2.05, 4.69) is 146 Å². The summed E-state index contributed by atoms with van der Waals surface area (Å²) in [6.45, 7) is 25.6. The number of aliphatic hydroxyl groups excluding tert-OH is 6. The van der Waals surface area contributed by atoms with Gasteiger partial charge in [0.15, 0.2) is 0 Å². The molecule has 1 aromatic heterocycles. The van der Waals surface area contributed by atoms with Gasteiger partial charge in [0.1, 0.15) is 35.8 Å². The quantitative estimate of drug-likeness (QED) is 0.0185. The Morgan fingerprint density at radius 2 is 1.13 bits per heavy atom. The molecule has 624 valence electrons. The zero-order valence-electron chi connectivity index (χ0n) is 71.0. The zero-order chi connectivity index (χ0) is 82.3. The Hall–Kier alpha value is -6.84. The lowest BCUT2D eigenvalue weighted by Crippen LogP contribution is -2.62. The summed E-state index contributed by atoms with van der Waals surface area (Å²) in [5, 5.41) is 75.9. The lowest BCUT2D eigenvalue weighted by Gasteiger charge is -2.62. The van der Waals surface area contributed by atoms with Gasteiger partial charge in [0.25, 0.3) is 5.91 Å². The van der Waals surface area contributed by atoms with E-state index in [9.17, 15) is 45.0 Å². The number of likely N-dealkylation sites (N-methyl/N-ethyl adjacent to an activating group) is 1. The third-order valence-electron chi connectivity index (χ3n) is 26.2. The predicted molar refractivity (Wildman–Crippen MR) is 445 cm³/mol. The molecule has 13 rings (SSSR count). The minimum absolute atomic E-state index is 0.000106. The van der Waals surface area contributed by atoms with E-state index in [1.807, 2.05) is 78.5 Å². The van der Waals surface area contributed by atoms with Gasteiger partial charge >= 0.3 is 0 Å². The molecule has 4 aromatic carbocycles. The molecular weight excluding hydrogens is 1430 g/mol. The number of aliphatic hydroxyl groups is 6. The van der Waals surface area contributed by atoms with Crippen LogP contribution in [0.1, 0.15) is 147 Å². The number of methoxy groups -OCH3 is 2. The third-order valence-corrected chi connectivity index (χ3v) is 26.2. The monoisotopic (exact) mass is 1570 g/mol. The van der Waals surface area contributed by atoms with Crippen LogP contribution in [0.25, 0.3) is 22.3 Å². The molecule has 9 N–H and O–H groups in total. The van der Waals surface area contributed by atoms with Crippen LogP contribution in [0.5, 0.6) is 11.5 Å². The van der Waals surface area contributed by atoms with Crippen LogP contribution in [-0.4, -0.2) is 237 Å². The van der Waals surface area contributed by atoms with E-state index < -0.39 is 48.3 Å². The number of amides is 3. The summed E-state index contributed by atoms with van der Waals surface area (Å²) in [5.41, 5.74) is 10.0. The number of ether oxygens (including phenoxy) is 2. The number of benzene rings is 4. The summed E-state index contributed by atoms with van der Waals surface area (Å²) in [5.74, 6) is 2.75. The van der Waals surface area contributed by atoms with Crippen LogP contribution in [0, 0.1) is 69.5 Å². The van der Waals surface area contributed by atoms with Crippen LogP contribution < -0.4 is 35.2 Å². The van der Waals surface area contributed by atoms with Crippen molar-refractivity contribution in [3.05, 3.63) is 125 Å². The fourth-order valence-electron chi connectivity index (χ4n) is 20.2. The highest BCUT2D eigenvalue weighted by molar-refractivity contribution is 5.97. The Morgan fingerprint density at radius 3 is 1.55 bits per heavy atom. The molecule has 2 saturated heterocycles. The molecule has 113 heavy (non-hydrogen) atoms. The first kappa shape index (κ1) is 88.5. The summed E-state index contributed by atoms with van der Waals surface area (Å²) in [6.07, 6.45) is 6.47. The van der Waals surface area contributed by atoms with E-state index in [4.69, 9.17) is 19.1 Å². The van der Waals surface area contributed by atoms with E-state index in [1.54, 1.807) is 56.5 Å². The van der Waals surface area contributed by atoms with Gasteiger partial charge in [-0.1, -0.05) is 111 Å². The van der Waals surface area contributed by atoms with Gasteiger partial charge in [-0.3, -0.25) is 29.0 Å². The molecule has 8 fully saturated rings. The number of aromatic nitrogens is 1. The van der Waals surface area contributed by atoms with Gasteiger partial charge in [-0.05, 0) is 204 Å². The second-order valence-electron chi connectivity index (χ2n) is 36.8. The first-order chi connectivity index (χ1) is 53.5. The van der Waals surface area contributed by atoms with Crippen LogP contribution in [0.15, 0.2) is 97.2 Å². The average molecular weight is 1570 g/mol. The number of rotatable bonds is 34. The van der Waals surface area contributed by atoms with Crippen molar-refractivity contribution in [1.29, 1.82) is 0 Å². The molecular formula is C90H136N10O13. The molecule has 3 heterocycles. The van der Waals surface area contributed by atoms with Crippen molar-refractivity contribution < 1.29 is 64.2 Å². The summed E-state index contributed by atoms with van der Waals surface area (Å²) < 4.78 is 12.3. The van der Waals surface area contributed by atoms with Crippen LogP contribution in [0.2, 0.25) is 0 Å². The third kappa shape index (κ3) is 20.6. The van der Waals surface area contributed by atoms with Crippen LogP contribution in [-0.2, 0) is 45.2 Å². The standard InChI is InChI=1S/C46H66N6O8.C44H70N4O5/c1-28-38-22-33(46(38,3)4)23-39(28)49-45(58)42-41(29(2)56)40(27-55)60-52(42)25-30-11-10-13-37(43(30)59-7)31-19-32(21-36(20-31)51(15-17-53)16-18-54)44(57)48-35(26-50(5)6)24-34-12-8-9-14-47-34;1-27-36-21-33(44(36,6)7)22-37(27)45-42(51)40-39(28(2)50)38(26-49)53-48(40)25-31-14-13-15-35(41(31)52-12)32-18-29(19-34(20-32)47(10)11)16-17-30(24-46(8)9)23-43(3,4)5/h8-14,19-21,28-29,33,35,38-42,53-56H,15-18,22-27H2,1-7H3,(H,48,57)(H,49,58);13-15,18-20,27-28,30,33,36-40,49-50H,16-17,21-26H2,1-12H3,(H,45,51)/t28-,29-,33+,35-,38-,39-,40-,41-,42-;27-,28-,30-,33+,36-,37-,38-,39-,40-/m00/s1. The molecule has 5 aromatic rings. The highest BCUT2D eigenvalue weighted by Crippen LogP contribution is 2.62. The van der Waals surface area contributed by atoms with Gasteiger partial charge in [0.05, 0.1) is 65.9 Å².